The maximum atomic E-state index is 12.4. The molecule has 4 heterocycles. The van der Waals surface area contributed by atoms with E-state index >= 15 is 0 Å². The van der Waals surface area contributed by atoms with Crippen molar-refractivity contribution >= 4 is 22.6 Å². The summed E-state index contributed by atoms with van der Waals surface area (Å²) in [7, 11) is 0. The predicted molar refractivity (Wildman–Crippen MR) is 101 cm³/mol. The number of nitrogens with one attached hydrogen (secondary N) is 2. The summed E-state index contributed by atoms with van der Waals surface area (Å²) >= 11 is 0. The van der Waals surface area contributed by atoms with Crippen molar-refractivity contribution in [3.63, 3.8) is 0 Å². The minimum Gasteiger partial charge on any atom is -0.345 e. The van der Waals surface area contributed by atoms with Gasteiger partial charge in [-0.2, -0.15) is 23.5 Å². The summed E-state index contributed by atoms with van der Waals surface area (Å²) in [5.41, 5.74) is 0.928. The average Bonchev–Trinajstić information content (AvgIpc) is 3.29. The van der Waals surface area contributed by atoms with E-state index in [0.717, 1.165) is 4.57 Å². The maximum Gasteiger partial charge on any atom is 0.405 e. The van der Waals surface area contributed by atoms with Gasteiger partial charge >= 0.3 is 11.9 Å². The Kier molecular flexibility index (Phi) is 4.69. The number of rotatable bonds is 4. The Bertz CT molecular complexity index is 1410. The number of hydrogen-bond acceptors (Lipinski definition) is 6. The van der Waals surface area contributed by atoms with Crippen LogP contribution in [0.3, 0.4) is 0 Å². The summed E-state index contributed by atoms with van der Waals surface area (Å²) in [5.74, 6) is -0.830. The third-order valence-electron chi connectivity index (χ3n) is 4.58. The molecule has 0 aliphatic rings. The maximum absolute atomic E-state index is 12.4. The van der Waals surface area contributed by atoms with Gasteiger partial charge in [-0.15, -0.1) is 0 Å². The monoisotopic (exact) mass is 430 g/mol. The number of aromatic amines is 1. The van der Waals surface area contributed by atoms with Crippen LogP contribution in [0.25, 0.3) is 28.1 Å². The Morgan fingerprint density at radius 3 is 2.87 bits per heavy atom. The molecule has 0 spiro atoms. The number of nitrogens with zero attached hydrogens (tertiary/aromatic N) is 6. The molecule has 2 N–H and O–H groups in total. The van der Waals surface area contributed by atoms with E-state index in [1.54, 1.807) is 23.6 Å². The number of imidazole rings is 1. The number of carbonyl (C=O) groups is 1. The van der Waals surface area contributed by atoms with Crippen LogP contribution in [0.1, 0.15) is 18.5 Å². The van der Waals surface area contributed by atoms with Crippen LogP contribution in [0.5, 0.6) is 0 Å². The molecule has 0 saturated heterocycles. The smallest absolute Gasteiger partial charge is 0.345 e. The number of amides is 1. The number of carbonyl (C=O) groups excluding carboxylic acids is 1. The lowest BCUT2D eigenvalue weighted by Gasteiger charge is -2.14. The predicted octanol–water partition coefficient (Wildman–Crippen LogP) is 1.55. The number of fused-ring (bicyclic) bond motifs is 2. The second-order valence-electron chi connectivity index (χ2n) is 6.66. The van der Waals surface area contributed by atoms with Crippen LogP contribution in [0, 0.1) is 11.3 Å². The number of aromatic nitrogens is 6. The van der Waals surface area contributed by atoms with Crippen molar-refractivity contribution in [2.45, 2.75) is 19.1 Å². The molecule has 10 nitrogen and oxygen atoms in total. The van der Waals surface area contributed by atoms with Gasteiger partial charge in [-0.1, -0.05) is 0 Å². The average molecular weight is 430 g/mol. The molecule has 0 bridgehead atoms. The SMILES string of the molecule is C[C@H](C(=O)NCC(F)(F)F)n1c(=O)[nH]c2cnc(-c3cnn4ccc(C#N)cc34)nc21. The molecular weight excluding hydrogens is 417 g/mol. The van der Waals surface area contributed by atoms with Crippen molar-refractivity contribution in [3.05, 3.63) is 46.8 Å². The molecular formula is C18H13F3N8O2. The summed E-state index contributed by atoms with van der Waals surface area (Å²) in [5, 5.41) is 15.0. The molecule has 4 rings (SSSR count). The first-order chi connectivity index (χ1) is 14.7. The fourth-order valence-corrected chi connectivity index (χ4v) is 3.08. The molecule has 158 valence electrons. The molecule has 31 heavy (non-hydrogen) atoms. The van der Waals surface area contributed by atoms with E-state index in [4.69, 9.17) is 5.26 Å². The van der Waals surface area contributed by atoms with Gasteiger partial charge in [0.25, 0.3) is 0 Å². The first-order valence-corrected chi connectivity index (χ1v) is 8.87. The van der Waals surface area contributed by atoms with Gasteiger partial charge in [0.15, 0.2) is 11.5 Å². The minimum absolute atomic E-state index is 0.0421. The van der Waals surface area contributed by atoms with E-state index in [9.17, 15) is 22.8 Å². The molecule has 1 amide bonds. The number of alkyl halides is 3. The van der Waals surface area contributed by atoms with Crippen LogP contribution in [0.2, 0.25) is 0 Å². The quantitative estimate of drug-likeness (QED) is 0.505. The van der Waals surface area contributed by atoms with E-state index < -0.39 is 30.4 Å². The molecule has 0 aliphatic heterocycles. The Morgan fingerprint density at radius 1 is 1.39 bits per heavy atom. The molecule has 1 atom stereocenters. The molecule has 0 aliphatic carbocycles. The summed E-state index contributed by atoms with van der Waals surface area (Å²) < 4.78 is 39.7. The molecule has 13 heteroatoms. The second kappa shape index (κ2) is 7.24. The van der Waals surface area contributed by atoms with Gasteiger partial charge < -0.3 is 10.3 Å². The minimum atomic E-state index is -4.58. The molecule has 0 unspecified atom stereocenters. The van der Waals surface area contributed by atoms with Crippen LogP contribution in [-0.2, 0) is 4.79 Å². The highest BCUT2D eigenvalue weighted by Crippen LogP contribution is 2.24. The van der Waals surface area contributed by atoms with Crippen molar-refractivity contribution in [3.8, 4) is 17.5 Å². The van der Waals surface area contributed by atoms with E-state index in [2.05, 4.69) is 20.1 Å². The zero-order valence-corrected chi connectivity index (χ0v) is 15.8. The van der Waals surface area contributed by atoms with Gasteiger partial charge in [-0.25, -0.2) is 19.3 Å². The first kappa shape index (κ1) is 20.1. The van der Waals surface area contributed by atoms with Gasteiger partial charge in [0.2, 0.25) is 5.91 Å². The Morgan fingerprint density at radius 2 is 2.16 bits per heavy atom. The molecule has 0 fully saturated rings. The van der Waals surface area contributed by atoms with Crippen LogP contribution in [-0.4, -0.2) is 47.8 Å². The van der Waals surface area contributed by atoms with Gasteiger partial charge in [-0.05, 0) is 19.1 Å². The van der Waals surface area contributed by atoms with Crippen LogP contribution >= 0.6 is 0 Å². The first-order valence-electron chi connectivity index (χ1n) is 8.87. The number of hydrogen-bond donors (Lipinski definition) is 2. The van der Waals surface area contributed by atoms with Crippen molar-refractivity contribution in [2.24, 2.45) is 0 Å². The van der Waals surface area contributed by atoms with E-state index in [1.165, 1.54) is 23.8 Å². The third-order valence-corrected chi connectivity index (χ3v) is 4.58. The van der Waals surface area contributed by atoms with Crippen molar-refractivity contribution < 1.29 is 18.0 Å². The van der Waals surface area contributed by atoms with Gasteiger partial charge in [-0.3, -0.25) is 9.36 Å². The molecule has 4 aromatic rings. The van der Waals surface area contributed by atoms with Crippen LogP contribution in [0.4, 0.5) is 13.2 Å². The van der Waals surface area contributed by atoms with E-state index in [1.807, 2.05) is 6.07 Å². The standard InChI is InChI=1S/C18H13F3N8O2/c1-9(16(30)24-8-18(19,20)21)29-15-12(26-17(29)31)7-23-14(27-15)11-6-25-28-3-2-10(5-22)4-13(11)28/h2-4,6-7,9H,8H2,1H3,(H,24,30)(H,26,31)/t9-/m1/s1. The summed E-state index contributed by atoms with van der Waals surface area (Å²) in [6, 6.07) is 3.93. The van der Waals surface area contributed by atoms with Gasteiger partial charge in [0.1, 0.15) is 18.1 Å². The zero-order valence-electron chi connectivity index (χ0n) is 15.8. The van der Waals surface area contributed by atoms with Crippen molar-refractivity contribution in [1.82, 2.24) is 34.4 Å². The Hall–Kier alpha value is -4.21. The number of nitriles is 1. The highest BCUT2D eigenvalue weighted by molar-refractivity contribution is 5.83. The lowest BCUT2D eigenvalue weighted by molar-refractivity contribution is -0.140. The van der Waals surface area contributed by atoms with Crippen molar-refractivity contribution in [1.29, 1.82) is 5.26 Å². The normalized spacial score (nSPS) is 12.7. The summed E-state index contributed by atoms with van der Waals surface area (Å²) in [4.78, 5) is 35.6. The lowest BCUT2D eigenvalue weighted by atomic mass is 10.2. The Labute approximate surface area is 171 Å². The molecule has 0 radical (unpaired) electrons. The summed E-state index contributed by atoms with van der Waals surface area (Å²) in [6.45, 7) is -0.228. The van der Waals surface area contributed by atoms with E-state index in [0.29, 0.717) is 16.6 Å². The fraction of sp³-hybridized carbons (Fsp3) is 0.222. The van der Waals surface area contributed by atoms with Crippen LogP contribution in [0.15, 0.2) is 35.5 Å². The van der Waals surface area contributed by atoms with Crippen LogP contribution < -0.4 is 11.0 Å². The molecule has 4 aromatic heterocycles. The number of pyridine rings is 1. The zero-order chi connectivity index (χ0) is 22.3. The highest BCUT2D eigenvalue weighted by atomic mass is 19.4. The van der Waals surface area contributed by atoms with E-state index in [-0.39, 0.29) is 17.0 Å². The lowest BCUT2D eigenvalue weighted by Crippen LogP contribution is -2.39. The largest absolute Gasteiger partial charge is 0.405 e. The fourth-order valence-electron chi connectivity index (χ4n) is 3.08. The molecule has 0 saturated carbocycles. The number of halogens is 3. The topological polar surface area (TPSA) is 134 Å². The van der Waals surface area contributed by atoms with Gasteiger partial charge in [0, 0.05) is 6.20 Å². The number of H-pyrrole nitrogens is 1. The third kappa shape index (κ3) is 3.70. The summed E-state index contributed by atoms with van der Waals surface area (Å²) in [6.07, 6.45) is -0.184. The highest BCUT2D eigenvalue weighted by Gasteiger charge is 2.30. The van der Waals surface area contributed by atoms with Gasteiger partial charge in [0.05, 0.1) is 35.1 Å². The Balaban J connectivity index is 1.78. The second-order valence-corrected chi connectivity index (χ2v) is 6.66. The molecule has 0 aromatic carbocycles. The van der Waals surface area contributed by atoms with Crippen molar-refractivity contribution in [2.75, 3.05) is 6.54 Å².